The summed E-state index contributed by atoms with van der Waals surface area (Å²) < 4.78 is 31.5. The van der Waals surface area contributed by atoms with Crippen LogP contribution >= 0.6 is 11.3 Å². The van der Waals surface area contributed by atoms with Crippen LogP contribution in [0.3, 0.4) is 0 Å². The average Bonchev–Trinajstić information content (AvgIpc) is 3.13. The average molecular weight is 483 g/mol. The van der Waals surface area contributed by atoms with Crippen LogP contribution in [0.1, 0.15) is 31.0 Å². The van der Waals surface area contributed by atoms with E-state index in [9.17, 15) is 14.0 Å². The molecule has 0 unspecified atom stereocenters. The minimum Gasteiger partial charge on any atom is -0.497 e. The molecule has 9 heteroatoms. The van der Waals surface area contributed by atoms with Gasteiger partial charge in [-0.3, -0.25) is 9.36 Å². The Bertz CT molecular complexity index is 1450. The van der Waals surface area contributed by atoms with Gasteiger partial charge in [-0.05, 0) is 55.8 Å². The molecule has 2 heterocycles. The van der Waals surface area contributed by atoms with Gasteiger partial charge < -0.3 is 14.2 Å². The molecule has 2 aromatic carbocycles. The van der Waals surface area contributed by atoms with Gasteiger partial charge in [-0.25, -0.2) is 14.2 Å². The topological polar surface area (TPSA) is 79.1 Å². The minimum atomic E-state index is -0.837. The number of allylic oxidation sites excluding steroid dienone is 1. The number of carbonyl (C=O) groups excluding carboxylic acids is 1. The summed E-state index contributed by atoms with van der Waals surface area (Å²) in [6.07, 6.45) is 1.67. The van der Waals surface area contributed by atoms with Crippen molar-refractivity contribution in [2.75, 3.05) is 20.8 Å². The molecule has 0 radical (unpaired) electrons. The highest BCUT2D eigenvalue weighted by Crippen LogP contribution is 2.37. The molecule has 4 rings (SSSR count). The fraction of sp³-hybridized carbons (Fsp3) is 0.240. The van der Waals surface area contributed by atoms with Gasteiger partial charge in [0.2, 0.25) is 0 Å². The molecule has 34 heavy (non-hydrogen) atoms. The Balaban J connectivity index is 2.01. The van der Waals surface area contributed by atoms with Gasteiger partial charge in [-0.1, -0.05) is 23.5 Å². The van der Waals surface area contributed by atoms with Crippen molar-refractivity contribution in [1.29, 1.82) is 0 Å². The summed E-state index contributed by atoms with van der Waals surface area (Å²) in [5, 5.41) is 0. The Labute approximate surface area is 199 Å². The highest BCUT2D eigenvalue weighted by molar-refractivity contribution is 7.07. The van der Waals surface area contributed by atoms with Crippen LogP contribution in [0.2, 0.25) is 0 Å². The minimum absolute atomic E-state index is 0.173. The van der Waals surface area contributed by atoms with Crippen LogP contribution in [-0.4, -0.2) is 31.4 Å². The zero-order valence-electron chi connectivity index (χ0n) is 19.1. The number of aromatic nitrogens is 1. The van der Waals surface area contributed by atoms with E-state index in [-0.39, 0.29) is 23.6 Å². The van der Waals surface area contributed by atoms with Gasteiger partial charge in [0.15, 0.2) is 4.80 Å². The summed E-state index contributed by atoms with van der Waals surface area (Å²) in [6, 6.07) is 10.2. The third-order valence-corrected chi connectivity index (χ3v) is 6.40. The van der Waals surface area contributed by atoms with E-state index in [1.807, 2.05) is 0 Å². The number of rotatable bonds is 6. The first kappa shape index (κ1) is 23.4. The highest BCUT2D eigenvalue weighted by Gasteiger charge is 2.35. The molecular weight excluding hydrogens is 459 g/mol. The van der Waals surface area contributed by atoms with Crippen LogP contribution in [0.4, 0.5) is 4.39 Å². The second-order valence-corrected chi connectivity index (χ2v) is 8.47. The molecule has 0 spiro atoms. The fourth-order valence-corrected chi connectivity index (χ4v) is 4.90. The van der Waals surface area contributed by atoms with Gasteiger partial charge in [-0.15, -0.1) is 0 Å². The second-order valence-electron chi connectivity index (χ2n) is 7.46. The van der Waals surface area contributed by atoms with Crippen molar-refractivity contribution < 1.29 is 23.4 Å². The molecular formula is C25H23FN2O5S. The van der Waals surface area contributed by atoms with Crippen molar-refractivity contribution in [3.05, 3.63) is 90.4 Å². The molecule has 1 aromatic heterocycles. The van der Waals surface area contributed by atoms with Crippen LogP contribution in [0.25, 0.3) is 6.08 Å². The number of methoxy groups -OCH3 is 2. The third kappa shape index (κ3) is 4.26. The summed E-state index contributed by atoms with van der Waals surface area (Å²) in [6.45, 7) is 3.60. The molecule has 0 N–H and O–H groups in total. The van der Waals surface area contributed by atoms with Crippen LogP contribution in [0.15, 0.2) is 63.5 Å². The Morgan fingerprint density at radius 2 is 1.91 bits per heavy atom. The zero-order valence-corrected chi connectivity index (χ0v) is 19.9. The van der Waals surface area contributed by atoms with E-state index in [0.29, 0.717) is 37.7 Å². The number of hydrogen-bond acceptors (Lipinski definition) is 7. The molecule has 1 aliphatic heterocycles. The molecule has 0 fully saturated rings. The molecule has 0 aliphatic carbocycles. The molecule has 176 valence electrons. The molecule has 1 aliphatic rings. The van der Waals surface area contributed by atoms with Crippen LogP contribution in [0, 0.1) is 5.82 Å². The van der Waals surface area contributed by atoms with E-state index in [1.54, 1.807) is 50.3 Å². The first-order valence-electron chi connectivity index (χ1n) is 10.5. The molecule has 0 amide bonds. The maximum absolute atomic E-state index is 13.6. The van der Waals surface area contributed by atoms with E-state index < -0.39 is 12.0 Å². The molecule has 3 aromatic rings. The molecule has 0 saturated carbocycles. The molecule has 7 nitrogen and oxygen atoms in total. The summed E-state index contributed by atoms with van der Waals surface area (Å²) in [7, 11) is 3.05. The van der Waals surface area contributed by atoms with Crippen LogP contribution < -0.4 is 24.4 Å². The lowest BCUT2D eigenvalue weighted by Gasteiger charge is -2.26. The van der Waals surface area contributed by atoms with Crippen molar-refractivity contribution in [3.63, 3.8) is 0 Å². The number of thiazole rings is 1. The number of fused-ring (bicyclic) bond motifs is 1. The third-order valence-electron chi connectivity index (χ3n) is 5.42. The number of halogens is 1. The SMILES string of the molecule is CCOC(=O)C1=C(C)N=c2s/c(=C\c3ccc(F)cc3)c(=O)n2[C@H]1c1cc(OC)ccc1OC. The predicted molar refractivity (Wildman–Crippen MR) is 126 cm³/mol. The Kier molecular flexibility index (Phi) is 6.65. The standard InChI is InChI=1S/C25H23FN2O5S/c1-5-33-24(30)21-14(2)27-25-28(22(21)18-13-17(31-3)10-11-19(18)32-4)23(29)20(34-25)12-15-6-8-16(26)9-7-15/h6-13,22H,5H2,1-4H3/b20-12-/t22-/m0/s1. The number of esters is 1. The van der Waals surface area contributed by atoms with Crippen molar-refractivity contribution in [3.8, 4) is 11.5 Å². The van der Waals surface area contributed by atoms with Gasteiger partial charge in [0, 0.05) is 5.56 Å². The highest BCUT2D eigenvalue weighted by atomic mass is 32.1. The Hall–Kier alpha value is -3.72. The summed E-state index contributed by atoms with van der Waals surface area (Å²) >= 11 is 1.19. The lowest BCUT2D eigenvalue weighted by Crippen LogP contribution is -2.40. The van der Waals surface area contributed by atoms with Crippen LogP contribution in [-0.2, 0) is 9.53 Å². The monoisotopic (exact) mass is 482 g/mol. The van der Waals surface area contributed by atoms with Crippen molar-refractivity contribution >= 4 is 23.4 Å². The molecule has 0 bridgehead atoms. The van der Waals surface area contributed by atoms with E-state index in [2.05, 4.69) is 4.99 Å². The first-order chi connectivity index (χ1) is 16.4. The number of hydrogen-bond donors (Lipinski definition) is 0. The number of ether oxygens (including phenoxy) is 3. The lowest BCUT2D eigenvalue weighted by atomic mass is 9.94. The van der Waals surface area contributed by atoms with Gasteiger partial charge >= 0.3 is 5.97 Å². The second kappa shape index (κ2) is 9.64. The Morgan fingerprint density at radius 3 is 2.56 bits per heavy atom. The van der Waals surface area contributed by atoms with Crippen molar-refractivity contribution in [2.45, 2.75) is 19.9 Å². The summed E-state index contributed by atoms with van der Waals surface area (Å²) in [4.78, 5) is 31.6. The molecule has 1 atom stereocenters. The smallest absolute Gasteiger partial charge is 0.338 e. The van der Waals surface area contributed by atoms with E-state index in [0.717, 1.165) is 0 Å². The van der Waals surface area contributed by atoms with E-state index >= 15 is 0 Å². The summed E-state index contributed by atoms with van der Waals surface area (Å²) in [5.74, 6) is 0.0994. The van der Waals surface area contributed by atoms with Gasteiger partial charge in [0.25, 0.3) is 5.56 Å². The predicted octanol–water partition coefficient (Wildman–Crippen LogP) is 2.95. The number of carbonyl (C=O) groups is 1. The van der Waals surface area contributed by atoms with E-state index in [1.165, 1.54) is 42.3 Å². The van der Waals surface area contributed by atoms with Crippen molar-refractivity contribution in [2.24, 2.45) is 4.99 Å². The van der Waals surface area contributed by atoms with E-state index in [4.69, 9.17) is 14.2 Å². The largest absolute Gasteiger partial charge is 0.497 e. The van der Waals surface area contributed by atoms with Gasteiger partial charge in [-0.2, -0.15) is 0 Å². The van der Waals surface area contributed by atoms with Crippen LogP contribution in [0.5, 0.6) is 11.5 Å². The van der Waals surface area contributed by atoms with Gasteiger partial charge in [0.1, 0.15) is 23.4 Å². The first-order valence-corrected chi connectivity index (χ1v) is 11.4. The maximum atomic E-state index is 13.6. The number of nitrogens with zero attached hydrogens (tertiary/aromatic N) is 2. The normalized spacial score (nSPS) is 15.6. The Morgan fingerprint density at radius 1 is 1.18 bits per heavy atom. The fourth-order valence-electron chi connectivity index (χ4n) is 3.85. The quantitative estimate of drug-likeness (QED) is 0.505. The summed E-state index contributed by atoms with van der Waals surface area (Å²) in [5.41, 5.74) is 1.59. The lowest BCUT2D eigenvalue weighted by molar-refractivity contribution is -0.139. The zero-order chi connectivity index (χ0) is 24.4. The van der Waals surface area contributed by atoms with Crippen molar-refractivity contribution in [1.82, 2.24) is 4.57 Å². The molecule has 0 saturated heterocycles. The van der Waals surface area contributed by atoms with Gasteiger partial charge in [0.05, 0.1) is 36.6 Å². The maximum Gasteiger partial charge on any atom is 0.338 e. The number of benzene rings is 2.